The molecule has 1 N–H and O–H groups in total. The maximum atomic E-state index is 11.9. The molecule has 0 atom stereocenters. The molecule has 1 heterocycles. The van der Waals surface area contributed by atoms with Gasteiger partial charge in [0.15, 0.2) is 0 Å². The molecule has 1 saturated heterocycles. The van der Waals surface area contributed by atoms with E-state index in [9.17, 15) is 9.59 Å². The number of hydrogen-bond donors (Lipinski definition) is 1. The van der Waals surface area contributed by atoms with E-state index in [1.165, 1.54) is 6.42 Å². The number of ether oxygens (including phenoxy) is 1. The molecule has 0 aliphatic carbocycles. The average molecular weight is 304 g/mol. The van der Waals surface area contributed by atoms with Crippen molar-refractivity contribution >= 4 is 11.8 Å². The Morgan fingerprint density at radius 2 is 1.82 bits per heavy atom. The quantitative estimate of drug-likeness (QED) is 0.784. The number of nitrogens with zero attached hydrogens (tertiary/aromatic N) is 1. The van der Waals surface area contributed by atoms with E-state index in [2.05, 4.69) is 5.32 Å². The molecule has 1 fully saturated rings. The molecule has 5 nitrogen and oxygen atoms in total. The van der Waals surface area contributed by atoms with Crippen LogP contribution in [0, 0.1) is 0 Å². The molecule has 1 aromatic rings. The summed E-state index contributed by atoms with van der Waals surface area (Å²) in [5.41, 5.74) is 0. The van der Waals surface area contributed by atoms with Gasteiger partial charge in [0.05, 0.1) is 13.2 Å². The summed E-state index contributed by atoms with van der Waals surface area (Å²) in [5, 5.41) is 2.69. The Kier molecular flexibility index (Phi) is 6.74. The van der Waals surface area contributed by atoms with Crippen molar-refractivity contribution in [1.82, 2.24) is 10.2 Å². The van der Waals surface area contributed by atoms with Gasteiger partial charge in [-0.3, -0.25) is 9.59 Å². The summed E-state index contributed by atoms with van der Waals surface area (Å²) < 4.78 is 5.52. The predicted octanol–water partition coefficient (Wildman–Crippen LogP) is 1.97. The van der Waals surface area contributed by atoms with Crippen molar-refractivity contribution < 1.29 is 14.3 Å². The number of likely N-dealkylation sites (tertiary alicyclic amines) is 1. The van der Waals surface area contributed by atoms with Crippen LogP contribution in [-0.4, -0.2) is 43.0 Å². The van der Waals surface area contributed by atoms with E-state index >= 15 is 0 Å². The van der Waals surface area contributed by atoms with Crippen LogP contribution in [0.25, 0.3) is 0 Å². The first-order valence-electron chi connectivity index (χ1n) is 7.98. The molecular formula is C17H24N2O3. The summed E-state index contributed by atoms with van der Waals surface area (Å²) in [6.45, 7) is 2.25. The number of para-hydroxylation sites is 1. The van der Waals surface area contributed by atoms with Crippen LogP contribution in [0.1, 0.15) is 32.1 Å². The van der Waals surface area contributed by atoms with Gasteiger partial charge in [-0.25, -0.2) is 0 Å². The molecule has 0 bridgehead atoms. The Balaban J connectivity index is 1.55. The number of carbonyl (C=O) groups is 2. The average Bonchev–Trinajstić information content (AvgIpc) is 2.58. The first-order valence-corrected chi connectivity index (χ1v) is 7.98. The lowest BCUT2D eigenvalue weighted by Gasteiger charge is -2.26. The van der Waals surface area contributed by atoms with Crippen molar-refractivity contribution in [3.05, 3.63) is 30.3 Å². The second kappa shape index (κ2) is 9.07. The summed E-state index contributed by atoms with van der Waals surface area (Å²) >= 11 is 0. The normalized spacial score (nSPS) is 14.5. The fourth-order valence-corrected chi connectivity index (χ4v) is 2.46. The number of nitrogens with one attached hydrogen (secondary N) is 1. The van der Waals surface area contributed by atoms with Gasteiger partial charge in [-0.2, -0.15) is 0 Å². The summed E-state index contributed by atoms with van der Waals surface area (Å²) in [6.07, 6.45) is 4.34. The van der Waals surface area contributed by atoms with Crippen LogP contribution in [0.5, 0.6) is 5.75 Å². The van der Waals surface area contributed by atoms with Crippen LogP contribution in [-0.2, 0) is 9.59 Å². The van der Waals surface area contributed by atoms with E-state index in [1.54, 1.807) is 0 Å². The van der Waals surface area contributed by atoms with Crippen LogP contribution in [0.2, 0.25) is 0 Å². The highest BCUT2D eigenvalue weighted by molar-refractivity contribution is 5.84. The van der Waals surface area contributed by atoms with Gasteiger partial charge in [0.25, 0.3) is 0 Å². The molecular weight excluding hydrogens is 280 g/mol. The molecule has 1 aliphatic heterocycles. The zero-order valence-electron chi connectivity index (χ0n) is 12.9. The number of amides is 2. The third-order valence-corrected chi connectivity index (χ3v) is 3.71. The van der Waals surface area contributed by atoms with Crippen molar-refractivity contribution in [1.29, 1.82) is 0 Å². The molecule has 0 aromatic heterocycles. The Labute approximate surface area is 131 Å². The number of rotatable bonds is 7. The zero-order chi connectivity index (χ0) is 15.6. The molecule has 0 spiro atoms. The maximum absolute atomic E-state index is 11.9. The lowest BCUT2D eigenvalue weighted by molar-refractivity contribution is -0.133. The van der Waals surface area contributed by atoms with Crippen molar-refractivity contribution in [2.45, 2.75) is 32.1 Å². The number of hydrogen-bond acceptors (Lipinski definition) is 3. The van der Waals surface area contributed by atoms with Gasteiger partial charge in [-0.15, -0.1) is 0 Å². The minimum atomic E-state index is -0.0954. The third-order valence-electron chi connectivity index (χ3n) is 3.71. The third kappa shape index (κ3) is 5.76. The molecule has 0 unspecified atom stereocenters. The second-order valence-corrected chi connectivity index (χ2v) is 5.48. The fourth-order valence-electron chi connectivity index (χ4n) is 2.46. The minimum absolute atomic E-state index is 0.0218. The molecule has 2 amide bonds. The van der Waals surface area contributed by atoms with Gasteiger partial charge in [-0.1, -0.05) is 18.2 Å². The summed E-state index contributed by atoms with van der Waals surface area (Å²) in [6, 6.07) is 9.52. The molecule has 5 heteroatoms. The highest BCUT2D eigenvalue weighted by Crippen LogP contribution is 2.09. The van der Waals surface area contributed by atoms with Crippen LogP contribution < -0.4 is 10.1 Å². The topological polar surface area (TPSA) is 58.6 Å². The first-order chi connectivity index (χ1) is 10.8. The molecule has 22 heavy (non-hydrogen) atoms. The molecule has 120 valence electrons. The molecule has 0 saturated carbocycles. The van der Waals surface area contributed by atoms with E-state index in [0.717, 1.165) is 31.7 Å². The van der Waals surface area contributed by atoms with Crippen molar-refractivity contribution in [3.8, 4) is 5.75 Å². The number of carbonyl (C=O) groups excluding carboxylic acids is 2. The predicted molar refractivity (Wildman–Crippen MR) is 84.6 cm³/mol. The van der Waals surface area contributed by atoms with Gasteiger partial charge < -0.3 is 15.0 Å². The maximum Gasteiger partial charge on any atom is 0.241 e. The summed E-state index contributed by atoms with van der Waals surface area (Å²) in [4.78, 5) is 25.4. The van der Waals surface area contributed by atoms with E-state index in [-0.39, 0.29) is 18.4 Å². The summed E-state index contributed by atoms with van der Waals surface area (Å²) in [7, 11) is 0. The van der Waals surface area contributed by atoms with Crippen LogP contribution >= 0.6 is 0 Å². The van der Waals surface area contributed by atoms with E-state index in [4.69, 9.17) is 4.74 Å². The van der Waals surface area contributed by atoms with Gasteiger partial charge in [0, 0.05) is 19.5 Å². The lowest BCUT2D eigenvalue weighted by Crippen LogP contribution is -2.42. The van der Waals surface area contributed by atoms with Crippen LogP contribution in [0.4, 0.5) is 0 Å². The summed E-state index contributed by atoms with van der Waals surface area (Å²) in [5.74, 6) is 0.735. The largest absolute Gasteiger partial charge is 0.494 e. The van der Waals surface area contributed by atoms with Crippen molar-refractivity contribution in [2.24, 2.45) is 0 Å². The monoisotopic (exact) mass is 304 g/mol. The van der Waals surface area contributed by atoms with Gasteiger partial charge >= 0.3 is 0 Å². The van der Waals surface area contributed by atoms with Crippen LogP contribution in [0.15, 0.2) is 30.3 Å². The molecule has 0 radical (unpaired) electrons. The first kappa shape index (κ1) is 16.3. The zero-order valence-corrected chi connectivity index (χ0v) is 12.9. The Bertz CT molecular complexity index is 470. The van der Waals surface area contributed by atoms with Crippen molar-refractivity contribution in [2.75, 3.05) is 26.2 Å². The fraction of sp³-hybridized carbons (Fsp3) is 0.529. The Hall–Kier alpha value is -2.04. The Morgan fingerprint density at radius 3 is 2.55 bits per heavy atom. The van der Waals surface area contributed by atoms with Crippen molar-refractivity contribution in [3.63, 3.8) is 0 Å². The number of benzene rings is 1. The smallest absolute Gasteiger partial charge is 0.241 e. The molecule has 2 rings (SSSR count). The standard InChI is InChI=1S/C17H24N2O3/c20-16(10-7-13-22-15-8-3-1-4-9-15)18-14-17(21)19-11-5-2-6-12-19/h1,3-4,8-9H,2,5-7,10-14H2,(H,18,20). The van der Waals surface area contributed by atoms with Crippen LogP contribution in [0.3, 0.4) is 0 Å². The Morgan fingerprint density at radius 1 is 1.09 bits per heavy atom. The number of piperidine rings is 1. The van der Waals surface area contributed by atoms with E-state index in [1.807, 2.05) is 35.2 Å². The molecule has 1 aliphatic rings. The van der Waals surface area contributed by atoms with Gasteiger partial charge in [0.2, 0.25) is 11.8 Å². The second-order valence-electron chi connectivity index (χ2n) is 5.48. The minimum Gasteiger partial charge on any atom is -0.494 e. The van der Waals surface area contributed by atoms with Gasteiger partial charge in [0.1, 0.15) is 5.75 Å². The van der Waals surface area contributed by atoms with Gasteiger partial charge in [-0.05, 0) is 37.8 Å². The highest BCUT2D eigenvalue weighted by atomic mass is 16.5. The van der Waals surface area contributed by atoms with E-state index in [0.29, 0.717) is 19.4 Å². The highest BCUT2D eigenvalue weighted by Gasteiger charge is 2.16. The van der Waals surface area contributed by atoms with E-state index < -0.39 is 0 Å². The SMILES string of the molecule is O=C(CCCOc1ccccc1)NCC(=O)N1CCCCC1. The molecule has 1 aromatic carbocycles. The lowest BCUT2D eigenvalue weighted by atomic mass is 10.1.